The van der Waals surface area contributed by atoms with Crippen LogP contribution in [0.25, 0.3) is 0 Å². The van der Waals surface area contributed by atoms with Crippen molar-refractivity contribution < 1.29 is 5.11 Å². The minimum absolute atomic E-state index is 0.0377. The average molecular weight is 102 g/mol. The van der Waals surface area contributed by atoms with Crippen LogP contribution >= 0.6 is 0 Å². The lowest BCUT2D eigenvalue weighted by atomic mass is 10.3. The highest BCUT2D eigenvalue weighted by atomic mass is 16.3. The quantitative estimate of drug-likeness (QED) is 0.414. The molecule has 0 amide bonds. The van der Waals surface area contributed by atoms with Crippen LogP contribution in [0.3, 0.4) is 0 Å². The summed E-state index contributed by atoms with van der Waals surface area (Å²) < 4.78 is 0. The molecular weight excluding hydrogens is 92.1 g/mol. The van der Waals surface area contributed by atoms with E-state index in [0.717, 1.165) is 0 Å². The summed E-state index contributed by atoms with van der Waals surface area (Å²) in [5, 5.41) is 15.0. The van der Waals surface area contributed by atoms with E-state index in [9.17, 15) is 0 Å². The topological polar surface area (TPSA) is 70.1 Å². The van der Waals surface area contributed by atoms with Crippen LogP contribution in [-0.4, -0.2) is 24.0 Å². The summed E-state index contributed by atoms with van der Waals surface area (Å²) in [6.07, 6.45) is 0.413. The second-order valence-electron chi connectivity index (χ2n) is 1.28. The van der Waals surface area contributed by atoms with Crippen LogP contribution < -0.4 is 5.73 Å². The first-order valence-electron chi connectivity index (χ1n) is 2.18. The minimum Gasteiger partial charge on any atom is -0.396 e. The molecule has 0 heterocycles. The van der Waals surface area contributed by atoms with Gasteiger partial charge in [-0.25, -0.2) is 0 Å². The number of hydrogen-bond acceptors (Lipinski definition) is 3. The van der Waals surface area contributed by atoms with Gasteiger partial charge in [0.1, 0.15) is 0 Å². The number of aliphatic hydroxyl groups excluding tert-OH is 1. The maximum Gasteiger partial charge on any atom is 0.0483 e. The highest BCUT2D eigenvalue weighted by Gasteiger charge is 1.87. The molecule has 3 heteroatoms. The molecule has 0 rings (SSSR count). The van der Waals surface area contributed by atoms with Crippen LogP contribution in [0.15, 0.2) is 0 Å². The molecule has 0 aromatic rings. The fourth-order valence-corrected chi connectivity index (χ4v) is 0.237. The lowest BCUT2D eigenvalue weighted by molar-refractivity contribution is 0.306. The van der Waals surface area contributed by atoms with E-state index >= 15 is 0 Å². The van der Waals surface area contributed by atoms with Gasteiger partial charge in [0, 0.05) is 25.3 Å². The molecule has 0 spiro atoms. The number of nitrogens with one attached hydrogen (secondary N) is 1. The zero-order chi connectivity index (χ0) is 5.70. The second-order valence-corrected chi connectivity index (χ2v) is 1.28. The van der Waals surface area contributed by atoms with Gasteiger partial charge in [0.05, 0.1) is 0 Å². The Morgan fingerprint density at radius 3 is 2.43 bits per heavy atom. The van der Waals surface area contributed by atoms with Crippen molar-refractivity contribution in [2.45, 2.75) is 6.42 Å². The smallest absolute Gasteiger partial charge is 0.0483 e. The van der Waals surface area contributed by atoms with Gasteiger partial charge in [0.25, 0.3) is 0 Å². The van der Waals surface area contributed by atoms with Crippen molar-refractivity contribution in [3.8, 4) is 0 Å². The summed E-state index contributed by atoms with van der Waals surface area (Å²) in [6.45, 7) is 0.302. The fourth-order valence-electron chi connectivity index (χ4n) is 0.237. The minimum atomic E-state index is 0.0377. The molecule has 0 atom stereocenters. The molecule has 0 aliphatic carbocycles. The first kappa shape index (κ1) is 6.59. The summed E-state index contributed by atoms with van der Waals surface area (Å²) in [7, 11) is 0. The summed E-state index contributed by atoms with van der Waals surface area (Å²) >= 11 is 0. The van der Waals surface area contributed by atoms with E-state index in [0.29, 0.717) is 12.1 Å². The second kappa shape index (κ2) is 3.77. The van der Waals surface area contributed by atoms with Gasteiger partial charge in [0.2, 0.25) is 0 Å². The molecule has 0 aliphatic rings. The van der Waals surface area contributed by atoms with Crippen LogP contribution in [0.1, 0.15) is 6.42 Å². The molecule has 42 valence electrons. The van der Waals surface area contributed by atoms with Crippen LogP contribution in [0.2, 0.25) is 0 Å². The molecule has 0 aromatic heterocycles. The number of hydrogen-bond donors (Lipinski definition) is 3. The van der Waals surface area contributed by atoms with Crippen LogP contribution in [0.4, 0.5) is 0 Å². The van der Waals surface area contributed by atoms with Gasteiger partial charge in [-0.2, -0.15) is 0 Å². The first-order chi connectivity index (χ1) is 3.31. The van der Waals surface area contributed by atoms with Crippen molar-refractivity contribution in [2.24, 2.45) is 5.73 Å². The van der Waals surface area contributed by atoms with Gasteiger partial charge in [-0.1, -0.05) is 0 Å². The Kier molecular flexibility index (Phi) is 3.55. The molecular formula is C4H10N2O. The molecule has 3 nitrogen and oxygen atoms in total. The third kappa shape index (κ3) is 3.42. The summed E-state index contributed by atoms with van der Waals surface area (Å²) in [5.74, 6) is 0. The van der Waals surface area contributed by atoms with Crippen molar-refractivity contribution in [1.29, 1.82) is 5.41 Å². The standard InChI is InChI=1S/C4H10N2O/c5-3-4(6)1-2-7/h6-7H,1-3,5H2. The molecule has 0 aliphatic heterocycles. The highest BCUT2D eigenvalue weighted by molar-refractivity contribution is 5.83. The van der Waals surface area contributed by atoms with E-state index in [4.69, 9.17) is 16.2 Å². The molecule has 0 fully saturated rings. The lowest BCUT2D eigenvalue weighted by Gasteiger charge is -1.91. The van der Waals surface area contributed by atoms with Crippen molar-refractivity contribution in [2.75, 3.05) is 13.2 Å². The SMILES string of the molecule is N=C(CN)CCO. The van der Waals surface area contributed by atoms with Crippen molar-refractivity contribution >= 4 is 5.71 Å². The van der Waals surface area contributed by atoms with Crippen molar-refractivity contribution in [1.82, 2.24) is 0 Å². The average Bonchev–Trinajstić information content (AvgIpc) is 1.68. The maximum atomic E-state index is 8.17. The monoisotopic (exact) mass is 102 g/mol. The molecule has 0 radical (unpaired) electrons. The Labute approximate surface area is 42.7 Å². The Hall–Kier alpha value is -0.410. The van der Waals surface area contributed by atoms with Gasteiger partial charge in [-0.3, -0.25) is 0 Å². The maximum absolute atomic E-state index is 8.17. The zero-order valence-electron chi connectivity index (χ0n) is 4.15. The normalized spacial score (nSPS) is 8.86. The third-order valence-corrected chi connectivity index (χ3v) is 0.660. The molecule has 0 unspecified atom stereocenters. The molecule has 0 saturated carbocycles. The van der Waals surface area contributed by atoms with Gasteiger partial charge in [-0.05, 0) is 0 Å². The molecule has 0 saturated heterocycles. The molecule has 0 bridgehead atoms. The van der Waals surface area contributed by atoms with Gasteiger partial charge in [0.15, 0.2) is 0 Å². The Morgan fingerprint density at radius 1 is 1.71 bits per heavy atom. The zero-order valence-corrected chi connectivity index (χ0v) is 4.15. The van der Waals surface area contributed by atoms with Crippen LogP contribution in [0, 0.1) is 5.41 Å². The van der Waals surface area contributed by atoms with Crippen molar-refractivity contribution in [3.63, 3.8) is 0 Å². The number of rotatable bonds is 3. The van der Waals surface area contributed by atoms with E-state index in [1.54, 1.807) is 0 Å². The van der Waals surface area contributed by atoms with E-state index in [1.807, 2.05) is 0 Å². The lowest BCUT2D eigenvalue weighted by Crippen LogP contribution is -2.13. The van der Waals surface area contributed by atoms with E-state index in [1.165, 1.54) is 0 Å². The molecule has 7 heavy (non-hydrogen) atoms. The van der Waals surface area contributed by atoms with E-state index in [-0.39, 0.29) is 13.2 Å². The number of aliphatic hydroxyl groups is 1. The van der Waals surface area contributed by atoms with Crippen LogP contribution in [0.5, 0.6) is 0 Å². The predicted octanol–water partition coefficient (Wildman–Crippen LogP) is -0.653. The Morgan fingerprint density at radius 2 is 2.29 bits per heavy atom. The Balaban J connectivity index is 3.00. The van der Waals surface area contributed by atoms with Gasteiger partial charge >= 0.3 is 0 Å². The van der Waals surface area contributed by atoms with Crippen LogP contribution in [-0.2, 0) is 0 Å². The van der Waals surface area contributed by atoms with Gasteiger partial charge in [-0.15, -0.1) is 0 Å². The predicted molar refractivity (Wildman–Crippen MR) is 28.5 cm³/mol. The Bertz CT molecular complexity index is 62.7. The van der Waals surface area contributed by atoms with E-state index in [2.05, 4.69) is 0 Å². The van der Waals surface area contributed by atoms with E-state index < -0.39 is 0 Å². The highest BCUT2D eigenvalue weighted by Crippen LogP contribution is 1.75. The summed E-state index contributed by atoms with van der Waals surface area (Å²) in [6, 6.07) is 0. The summed E-state index contributed by atoms with van der Waals surface area (Å²) in [4.78, 5) is 0. The largest absolute Gasteiger partial charge is 0.396 e. The fraction of sp³-hybridized carbons (Fsp3) is 0.750. The number of nitrogens with two attached hydrogens (primary N) is 1. The van der Waals surface area contributed by atoms with Gasteiger partial charge < -0.3 is 16.2 Å². The molecule has 4 N–H and O–H groups in total. The third-order valence-electron chi connectivity index (χ3n) is 0.660. The van der Waals surface area contributed by atoms with Crippen molar-refractivity contribution in [3.05, 3.63) is 0 Å². The summed E-state index contributed by atoms with van der Waals surface area (Å²) in [5.41, 5.74) is 5.43. The molecule has 0 aromatic carbocycles. The first-order valence-corrected chi connectivity index (χ1v) is 2.18.